The molecule has 1 rings (SSSR count). The predicted molar refractivity (Wildman–Crippen MR) is 74.8 cm³/mol. The van der Waals surface area contributed by atoms with Crippen LogP contribution in [0.5, 0.6) is 5.75 Å². The lowest BCUT2D eigenvalue weighted by Gasteiger charge is -2.22. The molecule has 0 aliphatic rings. The van der Waals surface area contributed by atoms with Crippen LogP contribution in [0.15, 0.2) is 28.0 Å². The smallest absolute Gasteiger partial charge is 0.245 e. The first-order valence-electron chi connectivity index (χ1n) is 5.46. The molecule has 0 aromatic heterocycles. The number of ether oxygens (including phenoxy) is 1. The highest BCUT2D eigenvalue weighted by molar-refractivity contribution is 7.99. The number of nitrogens with one attached hydrogen (secondary N) is 1. The molecule has 0 unspecified atom stereocenters. The Morgan fingerprint density at radius 3 is 2.33 bits per heavy atom. The fourth-order valence-electron chi connectivity index (χ4n) is 1.54. The van der Waals surface area contributed by atoms with Gasteiger partial charge in [-0.05, 0) is 39.2 Å². The highest BCUT2D eigenvalue weighted by atomic mass is 32.2. The number of thioether (sulfide) groups is 1. The van der Waals surface area contributed by atoms with Gasteiger partial charge in [-0.25, -0.2) is 13.1 Å². The van der Waals surface area contributed by atoms with Crippen LogP contribution in [0.3, 0.4) is 0 Å². The van der Waals surface area contributed by atoms with Gasteiger partial charge in [-0.2, -0.15) is 0 Å². The molecule has 0 bridgehead atoms. The molecule has 0 aliphatic heterocycles. The van der Waals surface area contributed by atoms with Gasteiger partial charge in [0.15, 0.2) is 0 Å². The third-order valence-electron chi connectivity index (χ3n) is 2.09. The minimum atomic E-state index is -3.60. The van der Waals surface area contributed by atoms with Crippen LogP contribution in [-0.4, -0.2) is 27.3 Å². The van der Waals surface area contributed by atoms with Crippen LogP contribution in [0.4, 0.5) is 0 Å². The quantitative estimate of drug-likeness (QED) is 0.865. The molecule has 0 radical (unpaired) electrons. The maximum atomic E-state index is 12.4. The summed E-state index contributed by atoms with van der Waals surface area (Å²) in [6.07, 6.45) is 1.84. The van der Waals surface area contributed by atoms with Gasteiger partial charge in [0, 0.05) is 10.4 Å². The van der Waals surface area contributed by atoms with Crippen molar-refractivity contribution < 1.29 is 13.2 Å². The van der Waals surface area contributed by atoms with Crippen LogP contribution in [0, 0.1) is 0 Å². The Hall–Kier alpha value is -0.720. The zero-order valence-corrected chi connectivity index (χ0v) is 12.9. The molecule has 0 saturated carbocycles. The minimum Gasteiger partial charge on any atom is -0.495 e. The number of sulfonamides is 1. The molecule has 0 heterocycles. The molecule has 0 fully saturated rings. The minimum absolute atomic E-state index is 0.204. The summed E-state index contributed by atoms with van der Waals surface area (Å²) in [5.41, 5.74) is -0.532. The lowest BCUT2D eigenvalue weighted by molar-refractivity contribution is 0.398. The SMILES string of the molecule is COc1cccc(SC)c1S(=O)(=O)NC(C)(C)C. The number of benzene rings is 1. The van der Waals surface area contributed by atoms with Gasteiger partial charge in [0.25, 0.3) is 0 Å². The van der Waals surface area contributed by atoms with Gasteiger partial charge in [0.2, 0.25) is 10.0 Å². The van der Waals surface area contributed by atoms with E-state index in [0.29, 0.717) is 10.6 Å². The van der Waals surface area contributed by atoms with E-state index in [4.69, 9.17) is 4.74 Å². The Balaban J connectivity index is 3.39. The number of methoxy groups -OCH3 is 1. The molecular formula is C12H19NO3S2. The van der Waals surface area contributed by atoms with Crippen LogP contribution in [0.1, 0.15) is 20.8 Å². The van der Waals surface area contributed by atoms with Gasteiger partial charge in [0.05, 0.1) is 7.11 Å². The average Bonchev–Trinajstić information content (AvgIpc) is 2.24. The molecule has 4 nitrogen and oxygen atoms in total. The summed E-state index contributed by atoms with van der Waals surface area (Å²) < 4.78 is 32.6. The lowest BCUT2D eigenvalue weighted by Crippen LogP contribution is -2.40. The van der Waals surface area contributed by atoms with Crippen molar-refractivity contribution in [2.24, 2.45) is 0 Å². The van der Waals surface area contributed by atoms with Gasteiger partial charge in [-0.3, -0.25) is 0 Å². The van der Waals surface area contributed by atoms with E-state index in [9.17, 15) is 8.42 Å². The van der Waals surface area contributed by atoms with E-state index >= 15 is 0 Å². The van der Waals surface area contributed by atoms with Crippen LogP contribution >= 0.6 is 11.8 Å². The predicted octanol–water partition coefficient (Wildman–Crippen LogP) is 2.49. The van der Waals surface area contributed by atoms with E-state index in [1.165, 1.54) is 18.9 Å². The summed E-state index contributed by atoms with van der Waals surface area (Å²) in [5.74, 6) is 0.360. The van der Waals surface area contributed by atoms with E-state index in [2.05, 4.69) is 4.72 Å². The Morgan fingerprint density at radius 2 is 1.89 bits per heavy atom. The molecule has 18 heavy (non-hydrogen) atoms. The molecule has 0 spiro atoms. The van der Waals surface area contributed by atoms with Crippen molar-refractivity contribution in [1.82, 2.24) is 4.72 Å². The third kappa shape index (κ3) is 3.63. The Labute approximate surface area is 113 Å². The van der Waals surface area contributed by atoms with Gasteiger partial charge >= 0.3 is 0 Å². The zero-order valence-electron chi connectivity index (χ0n) is 11.3. The standard InChI is InChI=1S/C12H19NO3S2/c1-12(2,3)13-18(14,15)11-9(16-4)7-6-8-10(11)17-5/h6-8,13H,1-5H3. The Morgan fingerprint density at radius 1 is 1.28 bits per heavy atom. The normalized spacial score (nSPS) is 12.5. The molecule has 1 N–H and O–H groups in total. The summed E-state index contributed by atoms with van der Waals surface area (Å²) in [6, 6.07) is 5.20. The van der Waals surface area contributed by atoms with E-state index in [0.717, 1.165) is 0 Å². The van der Waals surface area contributed by atoms with Gasteiger partial charge < -0.3 is 4.74 Å². The lowest BCUT2D eigenvalue weighted by atomic mass is 10.1. The Kier molecular flexibility index (Phi) is 4.69. The molecule has 0 atom stereocenters. The topological polar surface area (TPSA) is 55.4 Å². The van der Waals surface area contributed by atoms with Crippen molar-refractivity contribution in [2.75, 3.05) is 13.4 Å². The number of hydrogen-bond donors (Lipinski definition) is 1. The largest absolute Gasteiger partial charge is 0.495 e. The molecule has 6 heteroatoms. The van der Waals surface area contributed by atoms with Crippen LogP contribution in [-0.2, 0) is 10.0 Å². The highest BCUT2D eigenvalue weighted by Crippen LogP contribution is 2.33. The molecular weight excluding hydrogens is 270 g/mol. The van der Waals surface area contributed by atoms with E-state index in [-0.39, 0.29) is 4.90 Å². The number of rotatable bonds is 4. The zero-order chi connectivity index (χ0) is 14.0. The summed E-state index contributed by atoms with van der Waals surface area (Å²) in [6.45, 7) is 5.41. The maximum absolute atomic E-state index is 12.4. The van der Waals surface area contributed by atoms with Crippen molar-refractivity contribution >= 4 is 21.8 Å². The monoisotopic (exact) mass is 289 g/mol. The maximum Gasteiger partial charge on any atom is 0.245 e. The second-order valence-corrected chi connectivity index (χ2v) is 7.31. The molecule has 0 aliphatic carbocycles. The summed E-state index contributed by atoms with van der Waals surface area (Å²) in [5, 5.41) is 0. The first-order valence-corrected chi connectivity index (χ1v) is 8.17. The first kappa shape index (κ1) is 15.3. The van der Waals surface area contributed by atoms with E-state index < -0.39 is 15.6 Å². The Bertz CT molecular complexity index is 496. The van der Waals surface area contributed by atoms with Crippen molar-refractivity contribution in [1.29, 1.82) is 0 Å². The molecule has 1 aromatic rings. The second-order valence-electron chi connectivity index (χ2n) is 4.85. The molecule has 0 saturated heterocycles. The van der Waals surface area contributed by atoms with Gasteiger partial charge in [0.1, 0.15) is 10.6 Å². The van der Waals surface area contributed by atoms with Crippen LogP contribution in [0.25, 0.3) is 0 Å². The summed E-state index contributed by atoms with van der Waals surface area (Å²) in [4.78, 5) is 0.876. The van der Waals surface area contributed by atoms with E-state index in [1.54, 1.807) is 39.0 Å². The third-order valence-corrected chi connectivity index (χ3v) is 4.84. The van der Waals surface area contributed by atoms with Crippen molar-refractivity contribution in [2.45, 2.75) is 36.1 Å². The second kappa shape index (κ2) is 5.50. The molecule has 0 amide bonds. The average molecular weight is 289 g/mol. The van der Waals surface area contributed by atoms with Crippen molar-refractivity contribution in [3.05, 3.63) is 18.2 Å². The van der Waals surface area contributed by atoms with Crippen molar-refractivity contribution in [3.8, 4) is 5.75 Å². The molecule has 102 valence electrons. The highest BCUT2D eigenvalue weighted by Gasteiger charge is 2.27. The summed E-state index contributed by atoms with van der Waals surface area (Å²) in [7, 11) is -2.13. The summed E-state index contributed by atoms with van der Waals surface area (Å²) >= 11 is 1.38. The fraction of sp³-hybridized carbons (Fsp3) is 0.500. The van der Waals surface area contributed by atoms with Crippen LogP contribution in [0.2, 0.25) is 0 Å². The van der Waals surface area contributed by atoms with Gasteiger partial charge in [-0.1, -0.05) is 6.07 Å². The van der Waals surface area contributed by atoms with Gasteiger partial charge in [-0.15, -0.1) is 11.8 Å². The molecule has 1 aromatic carbocycles. The number of hydrogen-bond acceptors (Lipinski definition) is 4. The fourth-order valence-corrected chi connectivity index (χ4v) is 4.27. The van der Waals surface area contributed by atoms with E-state index in [1.807, 2.05) is 6.26 Å². The van der Waals surface area contributed by atoms with Crippen molar-refractivity contribution in [3.63, 3.8) is 0 Å². The van der Waals surface area contributed by atoms with Crippen LogP contribution < -0.4 is 9.46 Å². The first-order chi connectivity index (χ1) is 8.21.